The summed E-state index contributed by atoms with van der Waals surface area (Å²) in [5.41, 5.74) is 4.59. The van der Waals surface area contributed by atoms with Crippen molar-refractivity contribution in [2.75, 3.05) is 0 Å². The van der Waals surface area contributed by atoms with Crippen LogP contribution in [0.3, 0.4) is 0 Å². The van der Waals surface area contributed by atoms with Crippen molar-refractivity contribution in [1.82, 2.24) is 0 Å². The molecule has 27 heavy (non-hydrogen) atoms. The predicted molar refractivity (Wildman–Crippen MR) is 105 cm³/mol. The molecule has 0 aliphatic heterocycles. The maximum absolute atomic E-state index is 6.10. The van der Waals surface area contributed by atoms with Gasteiger partial charge in [-0.25, -0.2) is 0 Å². The van der Waals surface area contributed by atoms with E-state index >= 15 is 0 Å². The van der Waals surface area contributed by atoms with Gasteiger partial charge in [-0.3, -0.25) is 0 Å². The molecule has 0 aliphatic rings. The smallest absolute Gasteiger partial charge is 0.136 e. The van der Waals surface area contributed by atoms with Crippen LogP contribution in [-0.2, 0) is 0 Å². The lowest BCUT2D eigenvalue weighted by atomic mass is 10.1. The molecule has 0 amide bonds. The summed E-state index contributed by atoms with van der Waals surface area (Å²) in [4.78, 5) is 0. The van der Waals surface area contributed by atoms with Gasteiger partial charge in [0.05, 0.1) is 6.26 Å². The summed E-state index contributed by atoms with van der Waals surface area (Å²) in [5, 5.41) is 3.16. The Morgan fingerprint density at radius 3 is 2.59 bits per heavy atom. The summed E-state index contributed by atoms with van der Waals surface area (Å²) in [6, 6.07) is 27.0. The molecule has 3 heteroatoms. The minimum atomic E-state index is 0.827. The number of rotatable bonds is 2. The molecular weight excluding hydrogens is 336 g/mol. The van der Waals surface area contributed by atoms with E-state index in [-0.39, 0.29) is 0 Å². The Labute approximate surface area is 154 Å². The van der Waals surface area contributed by atoms with E-state index < -0.39 is 0 Å². The van der Waals surface area contributed by atoms with Gasteiger partial charge in [0.25, 0.3) is 0 Å². The first kappa shape index (κ1) is 14.4. The zero-order valence-electron chi connectivity index (χ0n) is 14.2. The predicted octanol–water partition coefficient (Wildman–Crippen LogP) is 7.06. The second-order valence-corrected chi connectivity index (χ2v) is 6.58. The molecule has 0 unspecified atom stereocenters. The Bertz CT molecular complexity index is 1400. The van der Waals surface area contributed by atoms with Crippen molar-refractivity contribution in [3.05, 3.63) is 85.1 Å². The number of benzene rings is 3. The van der Waals surface area contributed by atoms with Crippen molar-refractivity contribution < 1.29 is 13.3 Å². The molecule has 0 bridgehead atoms. The fraction of sp³-hybridized carbons (Fsp3) is 0. The van der Waals surface area contributed by atoms with Crippen molar-refractivity contribution in [1.29, 1.82) is 0 Å². The standard InChI is InChI=1S/C24H13O3/c1-2-6-20-15(4-1)13-23(26-20)16-8-9-21-17(12-16)14-24(27-21)18-5-3-7-22-19(18)10-11-25-22/h1,3-14H. The van der Waals surface area contributed by atoms with E-state index in [0.717, 1.165) is 55.6 Å². The fourth-order valence-corrected chi connectivity index (χ4v) is 3.60. The van der Waals surface area contributed by atoms with Gasteiger partial charge < -0.3 is 13.3 Å². The maximum Gasteiger partial charge on any atom is 0.136 e. The highest BCUT2D eigenvalue weighted by molar-refractivity contribution is 5.96. The van der Waals surface area contributed by atoms with Crippen LogP contribution in [0.2, 0.25) is 0 Å². The second-order valence-electron chi connectivity index (χ2n) is 6.58. The summed E-state index contributed by atoms with van der Waals surface area (Å²) in [6.45, 7) is 0. The van der Waals surface area contributed by atoms with Gasteiger partial charge in [-0.2, -0.15) is 0 Å². The van der Waals surface area contributed by atoms with E-state index in [1.165, 1.54) is 0 Å². The molecule has 3 aromatic heterocycles. The van der Waals surface area contributed by atoms with E-state index in [1.54, 1.807) is 6.26 Å². The summed E-state index contributed by atoms with van der Waals surface area (Å²) in [5.74, 6) is 1.67. The molecule has 0 aliphatic carbocycles. The van der Waals surface area contributed by atoms with Crippen LogP contribution in [0, 0.1) is 6.07 Å². The molecule has 0 atom stereocenters. The van der Waals surface area contributed by atoms with Gasteiger partial charge in [0.15, 0.2) is 0 Å². The molecule has 3 aromatic carbocycles. The maximum atomic E-state index is 6.10. The average Bonchev–Trinajstić information content (AvgIpc) is 3.43. The van der Waals surface area contributed by atoms with Crippen LogP contribution < -0.4 is 0 Å². The normalized spacial score (nSPS) is 11.7. The van der Waals surface area contributed by atoms with Crippen molar-refractivity contribution in [2.45, 2.75) is 0 Å². The molecule has 0 fully saturated rings. The fourth-order valence-electron chi connectivity index (χ4n) is 3.60. The Hall–Kier alpha value is -3.72. The van der Waals surface area contributed by atoms with E-state index in [9.17, 15) is 0 Å². The first-order valence-electron chi connectivity index (χ1n) is 8.75. The molecule has 0 N–H and O–H groups in total. The third-order valence-corrected chi connectivity index (χ3v) is 4.93. The molecule has 127 valence electrons. The van der Waals surface area contributed by atoms with Crippen LogP contribution in [0.5, 0.6) is 0 Å². The highest BCUT2D eigenvalue weighted by Crippen LogP contribution is 2.36. The molecule has 0 saturated carbocycles. The van der Waals surface area contributed by atoms with E-state index in [4.69, 9.17) is 13.3 Å². The summed E-state index contributed by atoms with van der Waals surface area (Å²) >= 11 is 0. The van der Waals surface area contributed by atoms with Gasteiger partial charge in [-0.15, -0.1) is 0 Å². The monoisotopic (exact) mass is 349 g/mol. The Morgan fingerprint density at radius 2 is 1.63 bits per heavy atom. The van der Waals surface area contributed by atoms with Crippen LogP contribution in [0.25, 0.3) is 55.6 Å². The van der Waals surface area contributed by atoms with Gasteiger partial charge in [0.1, 0.15) is 28.3 Å². The van der Waals surface area contributed by atoms with Crippen LogP contribution in [0.4, 0.5) is 0 Å². The lowest BCUT2D eigenvalue weighted by Gasteiger charge is -1.97. The number of hydrogen-bond donors (Lipinski definition) is 0. The van der Waals surface area contributed by atoms with E-state index in [2.05, 4.69) is 24.3 Å². The van der Waals surface area contributed by atoms with Crippen LogP contribution in [0.1, 0.15) is 0 Å². The van der Waals surface area contributed by atoms with Gasteiger partial charge in [-0.1, -0.05) is 24.3 Å². The SMILES string of the molecule is [c]1ccc2cc(-c3ccc4oc(-c5cccc6occc56)cc4c3)oc2c1. The summed E-state index contributed by atoms with van der Waals surface area (Å²) < 4.78 is 17.6. The Balaban J connectivity index is 1.50. The average molecular weight is 349 g/mol. The third kappa shape index (κ3) is 2.22. The molecule has 3 nitrogen and oxygen atoms in total. The second kappa shape index (κ2) is 5.39. The molecule has 0 spiro atoms. The number of furan rings is 3. The lowest BCUT2D eigenvalue weighted by molar-refractivity contribution is 0.615. The molecule has 6 aromatic rings. The largest absolute Gasteiger partial charge is 0.464 e. The Kier molecular flexibility index (Phi) is 2.88. The Morgan fingerprint density at radius 1 is 0.704 bits per heavy atom. The molecular formula is C24H13O3. The van der Waals surface area contributed by atoms with Crippen LogP contribution in [-0.4, -0.2) is 0 Å². The number of fused-ring (bicyclic) bond motifs is 3. The first-order chi connectivity index (χ1) is 13.3. The molecule has 0 saturated heterocycles. The molecule has 6 rings (SSSR count). The number of hydrogen-bond acceptors (Lipinski definition) is 3. The van der Waals surface area contributed by atoms with Gasteiger partial charge in [0.2, 0.25) is 0 Å². The minimum absolute atomic E-state index is 0.827. The van der Waals surface area contributed by atoms with Gasteiger partial charge >= 0.3 is 0 Å². The van der Waals surface area contributed by atoms with Gasteiger partial charge in [-0.05, 0) is 54.6 Å². The molecule has 1 radical (unpaired) electrons. The lowest BCUT2D eigenvalue weighted by Crippen LogP contribution is -1.73. The minimum Gasteiger partial charge on any atom is -0.464 e. The quantitative estimate of drug-likeness (QED) is 0.336. The van der Waals surface area contributed by atoms with E-state index in [1.807, 2.05) is 54.6 Å². The van der Waals surface area contributed by atoms with Crippen molar-refractivity contribution in [3.63, 3.8) is 0 Å². The van der Waals surface area contributed by atoms with Crippen LogP contribution >= 0.6 is 0 Å². The zero-order valence-corrected chi connectivity index (χ0v) is 14.2. The first-order valence-corrected chi connectivity index (χ1v) is 8.75. The summed E-state index contributed by atoms with van der Waals surface area (Å²) in [7, 11) is 0. The highest BCUT2D eigenvalue weighted by atomic mass is 16.3. The molecule has 3 heterocycles. The van der Waals surface area contributed by atoms with E-state index in [0.29, 0.717) is 0 Å². The third-order valence-electron chi connectivity index (χ3n) is 4.93. The van der Waals surface area contributed by atoms with Crippen molar-refractivity contribution in [3.8, 4) is 22.6 Å². The van der Waals surface area contributed by atoms with Crippen molar-refractivity contribution >= 4 is 32.9 Å². The van der Waals surface area contributed by atoms with Gasteiger partial charge in [0, 0.05) is 27.3 Å². The zero-order chi connectivity index (χ0) is 17.8. The highest BCUT2D eigenvalue weighted by Gasteiger charge is 2.13. The summed E-state index contributed by atoms with van der Waals surface area (Å²) in [6.07, 6.45) is 1.70. The topological polar surface area (TPSA) is 39.4 Å². The van der Waals surface area contributed by atoms with Crippen molar-refractivity contribution in [2.24, 2.45) is 0 Å². The van der Waals surface area contributed by atoms with Crippen LogP contribution in [0.15, 0.2) is 92.3 Å².